The van der Waals surface area contributed by atoms with Gasteiger partial charge in [-0.3, -0.25) is 14.4 Å². The lowest BCUT2D eigenvalue weighted by Gasteiger charge is -2.32. The van der Waals surface area contributed by atoms with Crippen molar-refractivity contribution in [3.63, 3.8) is 0 Å². The van der Waals surface area contributed by atoms with Crippen molar-refractivity contribution < 1.29 is 23.5 Å². The zero-order valence-electron chi connectivity index (χ0n) is 19.2. The zero-order valence-corrected chi connectivity index (χ0v) is 20.0. The number of benzene rings is 1. The molecule has 0 radical (unpaired) electrons. The van der Waals surface area contributed by atoms with Crippen LogP contribution < -0.4 is 4.74 Å². The molecule has 0 bridgehead atoms. The number of piperidine rings is 1. The van der Waals surface area contributed by atoms with Gasteiger partial charge in [0.15, 0.2) is 17.1 Å². The van der Waals surface area contributed by atoms with E-state index in [1.54, 1.807) is 23.1 Å². The van der Waals surface area contributed by atoms with E-state index in [1.165, 1.54) is 38.2 Å². The number of amides is 2. The first-order valence-corrected chi connectivity index (χ1v) is 11.7. The van der Waals surface area contributed by atoms with Crippen LogP contribution >= 0.6 is 11.5 Å². The number of aromatic nitrogens is 2. The third kappa shape index (κ3) is 4.77. The average Bonchev–Trinajstić information content (AvgIpc) is 3.26. The van der Waals surface area contributed by atoms with Crippen LogP contribution in [0.25, 0.3) is 10.2 Å². The Bertz CT molecular complexity index is 1230. The lowest BCUT2D eigenvalue weighted by atomic mass is 9.90. The predicted octanol–water partition coefficient (Wildman–Crippen LogP) is 3.20. The summed E-state index contributed by atoms with van der Waals surface area (Å²) in [5.41, 5.74) is 1.34. The summed E-state index contributed by atoms with van der Waals surface area (Å²) < 4.78 is 23.2. The topological polar surface area (TPSA) is 92.7 Å². The second-order valence-electron chi connectivity index (χ2n) is 8.51. The molecule has 1 aromatic carbocycles. The number of halogens is 1. The van der Waals surface area contributed by atoms with Crippen LogP contribution in [0.15, 0.2) is 30.3 Å². The fourth-order valence-electron chi connectivity index (χ4n) is 4.06. The van der Waals surface area contributed by atoms with Gasteiger partial charge >= 0.3 is 0 Å². The number of rotatable bonds is 6. The number of nitrogens with zero attached hydrogens (tertiary/aromatic N) is 4. The number of Topliss-reactive ketones (excluding diaryl/α,β-unsaturated/α-hetero) is 1. The molecule has 0 spiro atoms. The highest BCUT2D eigenvalue weighted by atomic mass is 32.1. The maximum absolute atomic E-state index is 13.3. The summed E-state index contributed by atoms with van der Waals surface area (Å²) in [5.74, 6) is -1.32. The van der Waals surface area contributed by atoms with Crippen molar-refractivity contribution in [1.82, 2.24) is 19.2 Å². The molecule has 10 heteroatoms. The van der Waals surface area contributed by atoms with Crippen molar-refractivity contribution in [2.45, 2.75) is 19.3 Å². The monoisotopic (exact) mass is 484 g/mol. The molecule has 4 rings (SSSR count). The SMILES string of the molecule is COc1cc2snc(C(=O)C(=O)N(C)C)c2nc1C(=O)N1CCC(Cc2ccc(F)cc2)CC1. The molecule has 1 saturated heterocycles. The van der Waals surface area contributed by atoms with E-state index in [0.717, 1.165) is 36.4 Å². The van der Waals surface area contributed by atoms with Crippen LogP contribution in [0.4, 0.5) is 4.39 Å². The Morgan fingerprint density at radius 3 is 2.44 bits per heavy atom. The zero-order chi connectivity index (χ0) is 24.4. The van der Waals surface area contributed by atoms with E-state index in [2.05, 4.69) is 9.36 Å². The van der Waals surface area contributed by atoms with Gasteiger partial charge in [0.05, 0.1) is 11.8 Å². The molecule has 3 heterocycles. The summed E-state index contributed by atoms with van der Waals surface area (Å²) in [6.45, 7) is 1.11. The number of carbonyl (C=O) groups is 3. The fourth-order valence-corrected chi connectivity index (χ4v) is 4.81. The number of methoxy groups -OCH3 is 1. The molecule has 34 heavy (non-hydrogen) atoms. The molecule has 2 amide bonds. The van der Waals surface area contributed by atoms with E-state index < -0.39 is 11.7 Å². The molecule has 8 nitrogen and oxygen atoms in total. The molecule has 2 aromatic heterocycles. The molecule has 1 aliphatic heterocycles. The highest BCUT2D eigenvalue weighted by Crippen LogP contribution is 2.30. The molecule has 0 atom stereocenters. The molecule has 1 fully saturated rings. The lowest BCUT2D eigenvalue weighted by molar-refractivity contribution is -0.124. The Morgan fingerprint density at radius 2 is 1.82 bits per heavy atom. The van der Waals surface area contributed by atoms with Crippen molar-refractivity contribution in [3.05, 3.63) is 53.1 Å². The Labute approximate surface area is 200 Å². The van der Waals surface area contributed by atoms with Gasteiger partial charge in [-0.15, -0.1) is 0 Å². The fraction of sp³-hybridized carbons (Fsp3) is 0.375. The molecular formula is C24H25FN4O4S. The van der Waals surface area contributed by atoms with E-state index in [0.29, 0.717) is 29.5 Å². The second kappa shape index (κ2) is 9.84. The first-order chi connectivity index (χ1) is 16.3. The highest BCUT2D eigenvalue weighted by molar-refractivity contribution is 7.13. The number of hydrogen-bond acceptors (Lipinski definition) is 7. The minimum Gasteiger partial charge on any atom is -0.494 e. The molecule has 0 saturated carbocycles. The molecular weight excluding hydrogens is 459 g/mol. The quantitative estimate of drug-likeness (QED) is 0.394. The number of carbonyl (C=O) groups excluding carboxylic acids is 3. The van der Waals surface area contributed by atoms with Crippen LogP contribution in [-0.2, 0) is 11.2 Å². The van der Waals surface area contributed by atoms with Crippen LogP contribution in [0.2, 0.25) is 0 Å². The Balaban J connectivity index is 1.52. The first-order valence-electron chi connectivity index (χ1n) is 10.9. The number of likely N-dealkylation sites (tertiary alicyclic amines) is 1. The van der Waals surface area contributed by atoms with Gasteiger partial charge in [0.2, 0.25) is 0 Å². The number of pyridine rings is 1. The number of ether oxygens (including phenoxy) is 1. The minimum atomic E-state index is -0.770. The van der Waals surface area contributed by atoms with E-state index in [4.69, 9.17) is 4.74 Å². The lowest BCUT2D eigenvalue weighted by Crippen LogP contribution is -2.39. The van der Waals surface area contributed by atoms with Crippen LogP contribution in [0.3, 0.4) is 0 Å². The molecule has 0 unspecified atom stereocenters. The summed E-state index contributed by atoms with van der Waals surface area (Å²) >= 11 is 1.03. The van der Waals surface area contributed by atoms with Gasteiger partial charge in [-0.25, -0.2) is 9.37 Å². The van der Waals surface area contributed by atoms with Gasteiger partial charge in [0.25, 0.3) is 17.6 Å². The van der Waals surface area contributed by atoms with Gasteiger partial charge in [-0.2, -0.15) is 4.37 Å². The third-order valence-electron chi connectivity index (χ3n) is 5.99. The van der Waals surface area contributed by atoms with Gasteiger partial charge < -0.3 is 14.5 Å². The van der Waals surface area contributed by atoms with Gasteiger partial charge in [0.1, 0.15) is 11.3 Å². The first kappa shape index (κ1) is 23.7. The number of hydrogen-bond donors (Lipinski definition) is 0. The van der Waals surface area contributed by atoms with E-state index in [-0.39, 0.29) is 28.6 Å². The van der Waals surface area contributed by atoms with Crippen LogP contribution in [0.1, 0.15) is 39.4 Å². The normalized spacial score (nSPS) is 14.3. The maximum atomic E-state index is 13.3. The van der Waals surface area contributed by atoms with E-state index >= 15 is 0 Å². The smallest absolute Gasteiger partial charge is 0.296 e. The van der Waals surface area contributed by atoms with Crippen LogP contribution in [0.5, 0.6) is 5.75 Å². The second-order valence-corrected chi connectivity index (χ2v) is 9.32. The molecule has 0 aliphatic carbocycles. The van der Waals surface area contributed by atoms with Crippen LogP contribution in [-0.4, -0.2) is 71.0 Å². The van der Waals surface area contributed by atoms with Crippen molar-refractivity contribution in [2.75, 3.05) is 34.3 Å². The van der Waals surface area contributed by atoms with Crippen molar-refractivity contribution in [2.24, 2.45) is 5.92 Å². The van der Waals surface area contributed by atoms with Crippen molar-refractivity contribution >= 4 is 39.3 Å². The number of likely N-dealkylation sites (N-methyl/N-ethyl adjacent to an activating group) is 1. The summed E-state index contributed by atoms with van der Waals surface area (Å²) in [7, 11) is 4.43. The average molecular weight is 485 g/mol. The highest BCUT2D eigenvalue weighted by Gasteiger charge is 2.30. The number of ketones is 1. The molecule has 1 aliphatic rings. The van der Waals surface area contributed by atoms with E-state index in [9.17, 15) is 18.8 Å². The van der Waals surface area contributed by atoms with Gasteiger partial charge in [0, 0.05) is 33.3 Å². The maximum Gasteiger partial charge on any atom is 0.296 e. The van der Waals surface area contributed by atoms with Gasteiger partial charge in [-0.1, -0.05) is 12.1 Å². The standard InChI is InChI=1S/C24H25FN4O4S/c1-28(2)24(32)22(30)21-20-18(34-27-21)13-17(33-3)19(26-20)23(31)29-10-8-15(9-11-29)12-14-4-6-16(25)7-5-14/h4-7,13,15H,8-12H2,1-3H3. The van der Waals surface area contributed by atoms with Crippen molar-refractivity contribution in [1.29, 1.82) is 0 Å². The summed E-state index contributed by atoms with van der Waals surface area (Å²) in [6, 6.07) is 8.15. The molecule has 178 valence electrons. The Kier molecular flexibility index (Phi) is 6.87. The van der Waals surface area contributed by atoms with Crippen LogP contribution in [0, 0.1) is 11.7 Å². The Morgan fingerprint density at radius 1 is 1.15 bits per heavy atom. The largest absolute Gasteiger partial charge is 0.494 e. The van der Waals surface area contributed by atoms with E-state index in [1.807, 2.05) is 0 Å². The molecule has 0 N–H and O–H groups in total. The van der Waals surface area contributed by atoms with Crippen molar-refractivity contribution in [3.8, 4) is 5.75 Å². The van der Waals surface area contributed by atoms with Gasteiger partial charge in [-0.05, 0) is 54.4 Å². The Hall–Kier alpha value is -3.40. The summed E-state index contributed by atoms with van der Waals surface area (Å²) in [4.78, 5) is 45.4. The third-order valence-corrected chi connectivity index (χ3v) is 6.77. The molecule has 3 aromatic rings. The summed E-state index contributed by atoms with van der Waals surface area (Å²) in [6.07, 6.45) is 2.46. The predicted molar refractivity (Wildman–Crippen MR) is 126 cm³/mol. The number of fused-ring (bicyclic) bond motifs is 1. The minimum absolute atomic E-state index is 0.0617. The summed E-state index contributed by atoms with van der Waals surface area (Å²) in [5, 5.41) is 0.